The fourth-order valence-electron chi connectivity index (χ4n) is 2.80. The van der Waals surface area contributed by atoms with Gasteiger partial charge in [-0.3, -0.25) is 4.79 Å². The molecule has 1 aromatic carbocycles. The van der Waals surface area contributed by atoms with Crippen molar-refractivity contribution in [2.75, 3.05) is 26.2 Å². The first-order valence-corrected chi connectivity index (χ1v) is 7.83. The van der Waals surface area contributed by atoms with Crippen LogP contribution < -0.4 is 15.4 Å². The molecule has 1 heterocycles. The van der Waals surface area contributed by atoms with Gasteiger partial charge < -0.3 is 15.4 Å². The minimum Gasteiger partial charge on any atom is -0.483 e. The van der Waals surface area contributed by atoms with E-state index in [1.54, 1.807) is 0 Å². The number of hydrogen-bond donors (Lipinski definition) is 2. The van der Waals surface area contributed by atoms with Crippen molar-refractivity contribution < 1.29 is 9.53 Å². The lowest BCUT2D eigenvalue weighted by Crippen LogP contribution is -2.34. The fourth-order valence-corrected chi connectivity index (χ4v) is 2.80. The summed E-state index contributed by atoms with van der Waals surface area (Å²) in [5, 5.41) is 6.34. The van der Waals surface area contributed by atoms with Crippen LogP contribution in [-0.4, -0.2) is 32.1 Å². The molecule has 1 aliphatic rings. The molecule has 0 aliphatic carbocycles. The van der Waals surface area contributed by atoms with Crippen LogP contribution in [0.25, 0.3) is 0 Å². The topological polar surface area (TPSA) is 50.4 Å². The first kappa shape index (κ1) is 15.8. The van der Waals surface area contributed by atoms with Gasteiger partial charge >= 0.3 is 0 Å². The number of amides is 1. The highest BCUT2D eigenvalue weighted by Gasteiger charge is 2.13. The summed E-state index contributed by atoms with van der Waals surface area (Å²) in [6.45, 7) is 7.03. The largest absolute Gasteiger partial charge is 0.483 e. The molecule has 0 radical (unpaired) electrons. The zero-order valence-electron chi connectivity index (χ0n) is 13.1. The smallest absolute Gasteiger partial charge is 0.257 e. The van der Waals surface area contributed by atoms with Gasteiger partial charge in [0.2, 0.25) is 0 Å². The number of ether oxygens (including phenoxy) is 1. The van der Waals surface area contributed by atoms with Crippen molar-refractivity contribution in [1.82, 2.24) is 10.6 Å². The van der Waals surface area contributed by atoms with Gasteiger partial charge in [0.15, 0.2) is 6.61 Å². The maximum absolute atomic E-state index is 11.8. The number of benzene rings is 1. The molecule has 1 aliphatic heterocycles. The summed E-state index contributed by atoms with van der Waals surface area (Å²) in [5.41, 5.74) is 2.13. The fraction of sp³-hybridized carbons (Fsp3) is 0.588. The number of hydrogen-bond acceptors (Lipinski definition) is 3. The zero-order chi connectivity index (χ0) is 15.1. The van der Waals surface area contributed by atoms with E-state index in [1.807, 2.05) is 32.0 Å². The Labute approximate surface area is 127 Å². The molecule has 0 spiro atoms. The molecular weight excluding hydrogens is 264 g/mol. The Morgan fingerprint density at radius 2 is 2.14 bits per heavy atom. The molecule has 0 aromatic heterocycles. The average Bonchev–Trinajstić information content (AvgIpc) is 2.48. The molecule has 0 bridgehead atoms. The van der Waals surface area contributed by atoms with E-state index in [2.05, 4.69) is 10.6 Å². The Morgan fingerprint density at radius 3 is 2.81 bits per heavy atom. The molecule has 1 amide bonds. The van der Waals surface area contributed by atoms with Crippen LogP contribution in [0.3, 0.4) is 0 Å². The Hall–Kier alpha value is -1.55. The van der Waals surface area contributed by atoms with Crippen molar-refractivity contribution >= 4 is 5.91 Å². The zero-order valence-corrected chi connectivity index (χ0v) is 13.1. The molecule has 1 fully saturated rings. The summed E-state index contributed by atoms with van der Waals surface area (Å²) in [7, 11) is 0. The van der Waals surface area contributed by atoms with E-state index in [4.69, 9.17) is 4.74 Å². The minimum absolute atomic E-state index is 0.0404. The van der Waals surface area contributed by atoms with Gasteiger partial charge in [0.05, 0.1) is 0 Å². The van der Waals surface area contributed by atoms with E-state index in [-0.39, 0.29) is 12.5 Å². The molecule has 1 atom stereocenters. The van der Waals surface area contributed by atoms with Crippen LogP contribution in [-0.2, 0) is 4.79 Å². The SMILES string of the molecule is Cc1cccc(C)c1OCC(=O)NCCC1CCCNC1. The number of rotatable bonds is 6. The number of para-hydroxylation sites is 1. The Bertz CT molecular complexity index is 448. The molecule has 1 aromatic rings. The highest BCUT2D eigenvalue weighted by Crippen LogP contribution is 2.22. The molecule has 1 unspecified atom stereocenters. The second-order valence-electron chi connectivity index (χ2n) is 5.86. The molecule has 2 N–H and O–H groups in total. The van der Waals surface area contributed by atoms with Gasteiger partial charge in [-0.1, -0.05) is 18.2 Å². The molecule has 4 nitrogen and oxygen atoms in total. The molecule has 21 heavy (non-hydrogen) atoms. The van der Waals surface area contributed by atoms with E-state index >= 15 is 0 Å². The maximum atomic E-state index is 11.8. The van der Waals surface area contributed by atoms with Crippen molar-refractivity contribution in [2.45, 2.75) is 33.1 Å². The third-order valence-electron chi connectivity index (χ3n) is 4.03. The third kappa shape index (κ3) is 5.05. The highest BCUT2D eigenvalue weighted by molar-refractivity contribution is 5.77. The number of carbonyl (C=O) groups is 1. The molecule has 0 saturated carbocycles. The monoisotopic (exact) mass is 290 g/mol. The first-order chi connectivity index (χ1) is 10.2. The van der Waals surface area contributed by atoms with E-state index in [0.29, 0.717) is 5.92 Å². The van der Waals surface area contributed by atoms with Crippen LogP contribution in [0.2, 0.25) is 0 Å². The first-order valence-electron chi connectivity index (χ1n) is 7.83. The number of carbonyl (C=O) groups excluding carboxylic acids is 1. The van der Waals surface area contributed by atoms with E-state index in [9.17, 15) is 4.79 Å². The summed E-state index contributed by atoms with van der Waals surface area (Å²) < 4.78 is 5.65. The summed E-state index contributed by atoms with van der Waals surface area (Å²) in [6, 6.07) is 5.99. The molecular formula is C17H26N2O2. The van der Waals surface area contributed by atoms with Gasteiger partial charge in [-0.05, 0) is 63.2 Å². The van der Waals surface area contributed by atoms with Crippen molar-refractivity contribution in [3.8, 4) is 5.75 Å². The van der Waals surface area contributed by atoms with Crippen molar-refractivity contribution in [2.24, 2.45) is 5.92 Å². The summed E-state index contributed by atoms with van der Waals surface area (Å²) >= 11 is 0. The number of piperidine rings is 1. The number of nitrogens with one attached hydrogen (secondary N) is 2. The Morgan fingerprint density at radius 1 is 1.38 bits per heavy atom. The van der Waals surface area contributed by atoms with Crippen LogP contribution in [0.4, 0.5) is 0 Å². The Kier molecular flexibility index (Phi) is 6.05. The summed E-state index contributed by atoms with van der Waals surface area (Å²) in [6.07, 6.45) is 3.55. The van der Waals surface area contributed by atoms with E-state index in [0.717, 1.165) is 42.9 Å². The van der Waals surface area contributed by atoms with E-state index < -0.39 is 0 Å². The van der Waals surface area contributed by atoms with Crippen LogP contribution >= 0.6 is 0 Å². The average molecular weight is 290 g/mol. The number of aryl methyl sites for hydroxylation is 2. The van der Waals surface area contributed by atoms with Gasteiger partial charge in [0, 0.05) is 6.54 Å². The molecule has 2 rings (SSSR count). The molecule has 1 saturated heterocycles. The van der Waals surface area contributed by atoms with Gasteiger partial charge in [-0.2, -0.15) is 0 Å². The summed E-state index contributed by atoms with van der Waals surface area (Å²) in [4.78, 5) is 11.8. The third-order valence-corrected chi connectivity index (χ3v) is 4.03. The van der Waals surface area contributed by atoms with Crippen LogP contribution in [0.1, 0.15) is 30.4 Å². The lowest BCUT2D eigenvalue weighted by atomic mass is 9.96. The van der Waals surface area contributed by atoms with Crippen LogP contribution in [0, 0.1) is 19.8 Å². The predicted octanol–water partition coefficient (Wildman–Crippen LogP) is 2.19. The van der Waals surface area contributed by atoms with Crippen molar-refractivity contribution in [3.63, 3.8) is 0 Å². The van der Waals surface area contributed by atoms with Crippen LogP contribution in [0.15, 0.2) is 18.2 Å². The van der Waals surface area contributed by atoms with Gasteiger partial charge in [0.25, 0.3) is 5.91 Å². The van der Waals surface area contributed by atoms with Crippen LogP contribution in [0.5, 0.6) is 5.75 Å². The van der Waals surface area contributed by atoms with Crippen molar-refractivity contribution in [3.05, 3.63) is 29.3 Å². The van der Waals surface area contributed by atoms with Crippen molar-refractivity contribution in [1.29, 1.82) is 0 Å². The second kappa shape index (κ2) is 8.03. The maximum Gasteiger partial charge on any atom is 0.257 e. The van der Waals surface area contributed by atoms with Gasteiger partial charge in [-0.25, -0.2) is 0 Å². The lowest BCUT2D eigenvalue weighted by molar-refractivity contribution is -0.123. The highest BCUT2D eigenvalue weighted by atomic mass is 16.5. The lowest BCUT2D eigenvalue weighted by Gasteiger charge is -2.22. The second-order valence-corrected chi connectivity index (χ2v) is 5.86. The standard InChI is InChI=1S/C17H26N2O2/c1-13-5-3-6-14(2)17(13)21-12-16(20)19-10-8-15-7-4-9-18-11-15/h3,5-6,15,18H,4,7-12H2,1-2H3,(H,19,20). The molecule has 116 valence electrons. The summed E-state index contributed by atoms with van der Waals surface area (Å²) in [5.74, 6) is 1.48. The van der Waals surface area contributed by atoms with Gasteiger partial charge in [-0.15, -0.1) is 0 Å². The quantitative estimate of drug-likeness (QED) is 0.844. The van der Waals surface area contributed by atoms with E-state index in [1.165, 1.54) is 12.8 Å². The normalized spacial score (nSPS) is 18.3. The Balaban J connectivity index is 1.67. The molecule has 4 heteroatoms. The predicted molar refractivity (Wildman–Crippen MR) is 84.6 cm³/mol. The van der Waals surface area contributed by atoms with Gasteiger partial charge in [0.1, 0.15) is 5.75 Å². The minimum atomic E-state index is -0.0404.